The molecule has 24 heavy (non-hydrogen) atoms. The second-order valence-corrected chi connectivity index (χ2v) is 6.81. The summed E-state index contributed by atoms with van der Waals surface area (Å²) in [6.45, 7) is 5.88. The molecule has 0 bridgehead atoms. The second-order valence-electron chi connectivity index (χ2n) is 6.81. The van der Waals surface area contributed by atoms with E-state index in [0.29, 0.717) is 12.6 Å². The first-order valence-corrected chi connectivity index (χ1v) is 8.72. The van der Waals surface area contributed by atoms with Gasteiger partial charge in [-0.1, -0.05) is 42.8 Å². The maximum absolute atomic E-state index is 12.4. The van der Waals surface area contributed by atoms with E-state index < -0.39 is 0 Å². The predicted octanol–water partition coefficient (Wildman–Crippen LogP) is 3.34. The average molecular weight is 322 g/mol. The topological polar surface area (TPSA) is 32.3 Å². The predicted molar refractivity (Wildman–Crippen MR) is 98.3 cm³/mol. The Morgan fingerprint density at radius 2 is 1.92 bits per heavy atom. The van der Waals surface area contributed by atoms with Crippen LogP contribution >= 0.6 is 0 Å². The van der Waals surface area contributed by atoms with Gasteiger partial charge in [0.15, 0.2) is 0 Å². The van der Waals surface area contributed by atoms with Crippen molar-refractivity contribution in [3.63, 3.8) is 0 Å². The Balaban J connectivity index is 1.61. The highest BCUT2D eigenvalue weighted by Crippen LogP contribution is 2.23. The van der Waals surface area contributed by atoms with Gasteiger partial charge >= 0.3 is 0 Å². The zero-order valence-electron chi connectivity index (χ0n) is 14.8. The van der Waals surface area contributed by atoms with Crippen LogP contribution in [0, 0.1) is 6.92 Å². The third-order valence-electron chi connectivity index (χ3n) is 4.98. The largest absolute Gasteiger partial charge is 0.350 e. The van der Waals surface area contributed by atoms with E-state index in [-0.39, 0.29) is 5.91 Å². The first-order valence-electron chi connectivity index (χ1n) is 8.72. The van der Waals surface area contributed by atoms with Gasteiger partial charge in [-0.15, -0.1) is 0 Å². The highest BCUT2D eigenvalue weighted by molar-refractivity contribution is 5.94. The molecule has 126 valence electrons. The molecular formula is C21H26N2O. The molecule has 0 radical (unpaired) electrons. The first kappa shape index (κ1) is 16.7. The molecule has 1 heterocycles. The van der Waals surface area contributed by atoms with Gasteiger partial charge in [-0.2, -0.15) is 0 Å². The zero-order chi connectivity index (χ0) is 17.1. The van der Waals surface area contributed by atoms with Crippen molar-refractivity contribution in [1.82, 2.24) is 10.2 Å². The van der Waals surface area contributed by atoms with E-state index in [1.54, 1.807) is 0 Å². The Bertz CT molecular complexity index is 721. The van der Waals surface area contributed by atoms with Crippen LogP contribution in [-0.4, -0.2) is 30.4 Å². The molecule has 3 rings (SSSR count). The van der Waals surface area contributed by atoms with E-state index >= 15 is 0 Å². The van der Waals surface area contributed by atoms with Crippen LogP contribution in [-0.2, 0) is 19.4 Å². The first-order chi connectivity index (χ1) is 11.6. The summed E-state index contributed by atoms with van der Waals surface area (Å²) in [4.78, 5) is 14.7. The van der Waals surface area contributed by atoms with Gasteiger partial charge in [0.2, 0.25) is 0 Å². The minimum Gasteiger partial charge on any atom is -0.350 e. The second kappa shape index (κ2) is 7.18. The highest BCUT2D eigenvalue weighted by Gasteiger charge is 2.23. The maximum Gasteiger partial charge on any atom is 0.251 e. The maximum atomic E-state index is 12.4. The number of hydrogen-bond donors (Lipinski definition) is 1. The van der Waals surface area contributed by atoms with Crippen LogP contribution in [0.1, 0.15) is 39.5 Å². The lowest BCUT2D eigenvalue weighted by atomic mass is 9.93. The normalized spacial score (nSPS) is 17.4. The summed E-state index contributed by atoms with van der Waals surface area (Å²) in [5.74, 6) is 0.0146. The summed E-state index contributed by atoms with van der Waals surface area (Å²) < 4.78 is 0. The minimum atomic E-state index is 0.0146. The molecule has 1 aliphatic heterocycles. The number of nitrogens with zero attached hydrogens (tertiary/aromatic N) is 1. The fraction of sp³-hybridized carbons (Fsp3) is 0.381. The number of carbonyl (C=O) groups is 1. The van der Waals surface area contributed by atoms with Crippen molar-refractivity contribution in [2.75, 3.05) is 13.6 Å². The van der Waals surface area contributed by atoms with Gasteiger partial charge in [-0.05, 0) is 55.6 Å². The van der Waals surface area contributed by atoms with Crippen molar-refractivity contribution >= 4 is 5.91 Å². The Kier molecular flexibility index (Phi) is 5.00. The van der Waals surface area contributed by atoms with Crippen LogP contribution in [0.2, 0.25) is 0 Å². The zero-order valence-corrected chi connectivity index (χ0v) is 14.8. The number of likely N-dealkylation sites (N-methyl/N-ethyl adjacent to an activating group) is 1. The number of aryl methyl sites for hydroxylation is 2. The molecule has 0 spiro atoms. The molecule has 1 unspecified atom stereocenters. The van der Waals surface area contributed by atoms with E-state index in [9.17, 15) is 4.79 Å². The van der Waals surface area contributed by atoms with Crippen LogP contribution in [0.4, 0.5) is 0 Å². The van der Waals surface area contributed by atoms with Crippen LogP contribution in [0.25, 0.3) is 0 Å². The lowest BCUT2D eigenvalue weighted by molar-refractivity contribution is 0.0934. The van der Waals surface area contributed by atoms with Crippen molar-refractivity contribution in [3.8, 4) is 0 Å². The molecule has 3 heteroatoms. The summed E-state index contributed by atoms with van der Waals surface area (Å²) in [5, 5.41) is 3.10. The van der Waals surface area contributed by atoms with Gasteiger partial charge in [0.25, 0.3) is 5.91 Å². The molecular weight excluding hydrogens is 296 g/mol. The quantitative estimate of drug-likeness (QED) is 0.936. The Hall–Kier alpha value is -2.13. The number of amides is 1. The molecule has 2 aromatic carbocycles. The minimum absolute atomic E-state index is 0.0146. The summed E-state index contributed by atoms with van der Waals surface area (Å²) in [6.07, 6.45) is 1.98. The molecule has 0 saturated carbocycles. The number of benzene rings is 2. The van der Waals surface area contributed by atoms with Gasteiger partial charge in [-0.3, -0.25) is 9.69 Å². The average Bonchev–Trinajstić information content (AvgIpc) is 2.59. The van der Waals surface area contributed by atoms with Crippen molar-refractivity contribution < 1.29 is 4.79 Å². The van der Waals surface area contributed by atoms with Crippen molar-refractivity contribution in [2.24, 2.45) is 0 Å². The Labute approximate surface area is 144 Å². The molecule has 0 saturated heterocycles. The fourth-order valence-electron chi connectivity index (χ4n) is 3.34. The SMILES string of the molecule is CCc1ccc(C(=O)NCC2Cc3ccc(C)cc3CN2C)cc1. The monoisotopic (exact) mass is 322 g/mol. The van der Waals surface area contributed by atoms with Crippen LogP contribution in [0.3, 0.4) is 0 Å². The van der Waals surface area contributed by atoms with Crippen molar-refractivity contribution in [1.29, 1.82) is 0 Å². The molecule has 0 fully saturated rings. The Morgan fingerprint density at radius 1 is 1.17 bits per heavy atom. The summed E-state index contributed by atoms with van der Waals surface area (Å²) in [5.41, 5.74) is 6.12. The number of rotatable bonds is 4. The van der Waals surface area contributed by atoms with Gasteiger partial charge in [0.05, 0.1) is 0 Å². The number of hydrogen-bond acceptors (Lipinski definition) is 2. The summed E-state index contributed by atoms with van der Waals surface area (Å²) in [6, 6.07) is 14.9. The molecule has 2 aromatic rings. The Morgan fingerprint density at radius 3 is 2.62 bits per heavy atom. The number of nitrogens with one attached hydrogen (secondary N) is 1. The standard InChI is InChI=1S/C21H26N2O/c1-4-16-6-9-17(10-7-16)21(24)22-13-20-12-18-8-5-15(2)11-19(18)14-23(20)3/h5-11,20H,4,12-14H2,1-3H3,(H,22,24). The smallest absolute Gasteiger partial charge is 0.251 e. The molecule has 0 aliphatic carbocycles. The third-order valence-corrected chi connectivity index (χ3v) is 4.98. The van der Waals surface area contributed by atoms with E-state index in [4.69, 9.17) is 0 Å². The number of carbonyl (C=O) groups excluding carboxylic acids is 1. The summed E-state index contributed by atoms with van der Waals surface area (Å²) >= 11 is 0. The van der Waals surface area contributed by atoms with Gasteiger partial charge in [0, 0.05) is 24.7 Å². The lowest BCUT2D eigenvalue weighted by Gasteiger charge is -2.34. The molecule has 1 N–H and O–H groups in total. The van der Waals surface area contributed by atoms with Gasteiger partial charge in [-0.25, -0.2) is 0 Å². The highest BCUT2D eigenvalue weighted by atomic mass is 16.1. The van der Waals surface area contributed by atoms with E-state index in [2.05, 4.69) is 49.3 Å². The lowest BCUT2D eigenvalue weighted by Crippen LogP contribution is -2.45. The van der Waals surface area contributed by atoms with Gasteiger partial charge < -0.3 is 5.32 Å². The van der Waals surface area contributed by atoms with Crippen LogP contribution in [0.5, 0.6) is 0 Å². The van der Waals surface area contributed by atoms with E-state index in [1.807, 2.05) is 24.3 Å². The number of fused-ring (bicyclic) bond motifs is 1. The third kappa shape index (κ3) is 3.68. The molecule has 1 amide bonds. The van der Waals surface area contributed by atoms with Crippen molar-refractivity contribution in [3.05, 3.63) is 70.3 Å². The van der Waals surface area contributed by atoms with E-state index in [1.165, 1.54) is 22.3 Å². The molecule has 1 atom stereocenters. The molecule has 3 nitrogen and oxygen atoms in total. The van der Waals surface area contributed by atoms with Crippen LogP contribution in [0.15, 0.2) is 42.5 Å². The van der Waals surface area contributed by atoms with Gasteiger partial charge in [0.1, 0.15) is 0 Å². The van der Waals surface area contributed by atoms with E-state index in [0.717, 1.165) is 24.9 Å². The van der Waals surface area contributed by atoms with Crippen LogP contribution < -0.4 is 5.32 Å². The molecule has 0 aromatic heterocycles. The summed E-state index contributed by atoms with van der Waals surface area (Å²) in [7, 11) is 2.14. The molecule has 1 aliphatic rings. The van der Waals surface area contributed by atoms with Crippen molar-refractivity contribution in [2.45, 2.75) is 39.3 Å². The fourth-order valence-corrected chi connectivity index (χ4v) is 3.34.